The van der Waals surface area contributed by atoms with Gasteiger partial charge in [0.15, 0.2) is 0 Å². The van der Waals surface area contributed by atoms with Crippen molar-refractivity contribution >= 4 is 0 Å². The van der Waals surface area contributed by atoms with E-state index in [9.17, 15) is 4.39 Å². The second-order valence-electron chi connectivity index (χ2n) is 6.92. The lowest BCUT2D eigenvalue weighted by Crippen LogP contribution is -2.47. The minimum Gasteiger partial charge on any atom is -0.376 e. The van der Waals surface area contributed by atoms with Crippen LogP contribution in [-0.2, 0) is 4.74 Å². The van der Waals surface area contributed by atoms with Crippen LogP contribution in [0, 0.1) is 18.2 Å². The lowest BCUT2D eigenvalue weighted by atomic mass is 9.67. The van der Waals surface area contributed by atoms with E-state index in [-0.39, 0.29) is 17.5 Å². The summed E-state index contributed by atoms with van der Waals surface area (Å²) in [6.45, 7) is 6.36. The molecule has 3 heteroatoms. The topological polar surface area (TPSA) is 35.2 Å². The van der Waals surface area contributed by atoms with Gasteiger partial charge in [0.1, 0.15) is 5.82 Å². The summed E-state index contributed by atoms with van der Waals surface area (Å²) in [7, 11) is 1.74. The van der Waals surface area contributed by atoms with Crippen LogP contribution < -0.4 is 5.73 Å². The van der Waals surface area contributed by atoms with Crippen molar-refractivity contribution in [2.24, 2.45) is 11.1 Å². The largest absolute Gasteiger partial charge is 0.376 e. The van der Waals surface area contributed by atoms with Gasteiger partial charge >= 0.3 is 0 Å². The third-order valence-electron chi connectivity index (χ3n) is 4.96. The summed E-state index contributed by atoms with van der Waals surface area (Å²) in [5, 5.41) is 0. The van der Waals surface area contributed by atoms with Crippen LogP contribution >= 0.6 is 0 Å². The van der Waals surface area contributed by atoms with Crippen molar-refractivity contribution in [1.82, 2.24) is 0 Å². The van der Waals surface area contributed by atoms with Gasteiger partial charge in [-0.1, -0.05) is 26.0 Å². The zero-order valence-corrected chi connectivity index (χ0v) is 13.0. The molecule has 2 N–H and O–H groups in total. The molecule has 2 rings (SSSR count). The molecule has 1 aliphatic rings. The number of rotatable bonds is 3. The first-order valence-corrected chi connectivity index (χ1v) is 7.36. The number of nitrogens with two attached hydrogens (primary N) is 1. The van der Waals surface area contributed by atoms with Gasteiger partial charge in [0.25, 0.3) is 0 Å². The van der Waals surface area contributed by atoms with Crippen molar-refractivity contribution in [2.75, 3.05) is 7.11 Å². The van der Waals surface area contributed by atoms with Gasteiger partial charge < -0.3 is 10.5 Å². The molecule has 112 valence electrons. The number of hydrogen-bond donors (Lipinski definition) is 1. The monoisotopic (exact) mass is 279 g/mol. The Hall–Kier alpha value is -0.930. The van der Waals surface area contributed by atoms with Gasteiger partial charge in [0, 0.05) is 7.11 Å². The lowest BCUT2D eigenvalue weighted by molar-refractivity contribution is -0.0794. The predicted octanol–water partition coefficient (Wildman–Crippen LogP) is 4.12. The Morgan fingerprint density at radius 3 is 2.30 bits per heavy atom. The number of hydrogen-bond acceptors (Lipinski definition) is 2. The highest BCUT2D eigenvalue weighted by atomic mass is 19.1. The van der Waals surface area contributed by atoms with E-state index in [1.807, 2.05) is 6.07 Å². The summed E-state index contributed by atoms with van der Waals surface area (Å²) in [4.78, 5) is 0. The van der Waals surface area contributed by atoms with Crippen molar-refractivity contribution in [1.29, 1.82) is 0 Å². The van der Waals surface area contributed by atoms with Crippen LogP contribution in [0.3, 0.4) is 0 Å². The number of methoxy groups -OCH3 is 1. The van der Waals surface area contributed by atoms with E-state index < -0.39 is 0 Å². The number of benzene rings is 1. The smallest absolute Gasteiger partial charge is 0.126 e. The van der Waals surface area contributed by atoms with Gasteiger partial charge in [-0.05, 0) is 55.2 Å². The second kappa shape index (κ2) is 5.45. The van der Waals surface area contributed by atoms with E-state index in [4.69, 9.17) is 10.5 Å². The molecule has 0 saturated heterocycles. The van der Waals surface area contributed by atoms with Gasteiger partial charge in [0.2, 0.25) is 0 Å². The fraction of sp³-hybridized carbons (Fsp3) is 0.647. The van der Waals surface area contributed by atoms with Crippen LogP contribution in [0.1, 0.15) is 56.7 Å². The molecule has 1 unspecified atom stereocenters. The van der Waals surface area contributed by atoms with Crippen molar-refractivity contribution in [3.05, 3.63) is 35.1 Å². The van der Waals surface area contributed by atoms with Gasteiger partial charge in [-0.2, -0.15) is 0 Å². The summed E-state index contributed by atoms with van der Waals surface area (Å²) >= 11 is 0. The maximum atomic E-state index is 13.4. The molecule has 1 aromatic rings. The fourth-order valence-corrected chi connectivity index (χ4v) is 3.16. The SMILES string of the molecule is COC1(C(N)c2ccc(F)c(C)c2)CCC(C)(C)CC1. The van der Waals surface area contributed by atoms with E-state index in [1.165, 1.54) is 6.07 Å². The third kappa shape index (κ3) is 2.89. The highest BCUT2D eigenvalue weighted by Crippen LogP contribution is 2.46. The maximum absolute atomic E-state index is 13.4. The average Bonchev–Trinajstić information content (AvgIpc) is 2.42. The molecule has 20 heavy (non-hydrogen) atoms. The molecule has 1 aliphatic carbocycles. The van der Waals surface area contributed by atoms with E-state index in [0.717, 1.165) is 31.2 Å². The van der Waals surface area contributed by atoms with Crippen LogP contribution in [0.2, 0.25) is 0 Å². The van der Waals surface area contributed by atoms with Crippen LogP contribution in [0.4, 0.5) is 4.39 Å². The Morgan fingerprint density at radius 2 is 1.80 bits per heavy atom. The van der Waals surface area contributed by atoms with E-state index in [2.05, 4.69) is 13.8 Å². The first-order valence-electron chi connectivity index (χ1n) is 7.36. The summed E-state index contributed by atoms with van der Waals surface area (Å²) in [6, 6.07) is 4.93. The molecular formula is C17H26FNO. The number of aryl methyl sites for hydroxylation is 1. The summed E-state index contributed by atoms with van der Waals surface area (Å²) in [5.74, 6) is -0.183. The van der Waals surface area contributed by atoms with Crippen LogP contribution in [0.25, 0.3) is 0 Å². The molecule has 2 nitrogen and oxygen atoms in total. The first kappa shape index (κ1) is 15.5. The van der Waals surface area contributed by atoms with Crippen LogP contribution in [0.15, 0.2) is 18.2 Å². The normalized spacial score (nSPS) is 22.5. The quantitative estimate of drug-likeness (QED) is 0.903. The Morgan fingerprint density at radius 1 is 1.20 bits per heavy atom. The van der Waals surface area contributed by atoms with E-state index in [1.54, 1.807) is 20.1 Å². The maximum Gasteiger partial charge on any atom is 0.126 e. The molecule has 0 radical (unpaired) electrons. The molecule has 1 saturated carbocycles. The van der Waals surface area contributed by atoms with Crippen molar-refractivity contribution in [3.8, 4) is 0 Å². The molecule has 0 bridgehead atoms. The van der Waals surface area contributed by atoms with Crippen molar-refractivity contribution in [3.63, 3.8) is 0 Å². The Bertz CT molecular complexity index is 474. The molecule has 1 atom stereocenters. The van der Waals surface area contributed by atoms with Gasteiger partial charge in [0.05, 0.1) is 11.6 Å². The Balaban J connectivity index is 2.25. The molecule has 0 aromatic heterocycles. The molecule has 0 heterocycles. The summed E-state index contributed by atoms with van der Waals surface area (Å²) in [5.41, 5.74) is 8.12. The molecule has 1 fully saturated rings. The molecule has 0 amide bonds. The zero-order valence-electron chi connectivity index (χ0n) is 13.0. The van der Waals surface area contributed by atoms with Crippen LogP contribution in [0.5, 0.6) is 0 Å². The van der Waals surface area contributed by atoms with Gasteiger partial charge in [-0.3, -0.25) is 0 Å². The van der Waals surface area contributed by atoms with Crippen molar-refractivity contribution in [2.45, 2.75) is 58.1 Å². The number of halogens is 1. The minimum atomic E-state index is -0.320. The summed E-state index contributed by atoms with van der Waals surface area (Å²) in [6.07, 6.45) is 4.12. The predicted molar refractivity (Wildman–Crippen MR) is 80.1 cm³/mol. The zero-order chi connectivity index (χ0) is 15.0. The summed E-state index contributed by atoms with van der Waals surface area (Å²) < 4.78 is 19.3. The highest BCUT2D eigenvalue weighted by molar-refractivity contribution is 5.28. The van der Waals surface area contributed by atoms with Crippen LogP contribution in [-0.4, -0.2) is 12.7 Å². The molecule has 0 spiro atoms. The fourth-order valence-electron chi connectivity index (χ4n) is 3.16. The Kier molecular flexibility index (Phi) is 4.22. The van der Waals surface area contributed by atoms with Gasteiger partial charge in [-0.15, -0.1) is 0 Å². The number of ether oxygens (including phenoxy) is 1. The first-order chi connectivity index (χ1) is 9.30. The second-order valence-corrected chi connectivity index (χ2v) is 6.92. The lowest BCUT2D eigenvalue weighted by Gasteiger charge is -2.46. The minimum absolute atomic E-state index is 0.183. The van der Waals surface area contributed by atoms with Gasteiger partial charge in [-0.25, -0.2) is 4.39 Å². The molecular weight excluding hydrogens is 253 g/mol. The third-order valence-corrected chi connectivity index (χ3v) is 4.96. The standard InChI is InChI=1S/C17H26FNO/c1-12-11-13(5-6-14(12)18)15(19)17(20-4)9-7-16(2,3)8-10-17/h5-6,11,15H,7-10,19H2,1-4H3. The highest BCUT2D eigenvalue weighted by Gasteiger charge is 2.43. The van der Waals surface area contributed by atoms with Crippen molar-refractivity contribution < 1.29 is 9.13 Å². The Labute approximate surface area is 121 Å². The molecule has 1 aromatic carbocycles. The molecule has 0 aliphatic heterocycles. The average molecular weight is 279 g/mol. The van der Waals surface area contributed by atoms with E-state index >= 15 is 0 Å². The van der Waals surface area contributed by atoms with E-state index in [0.29, 0.717) is 11.0 Å².